The summed E-state index contributed by atoms with van der Waals surface area (Å²) in [5.41, 5.74) is 0.807. The summed E-state index contributed by atoms with van der Waals surface area (Å²) >= 11 is 0. The van der Waals surface area contributed by atoms with E-state index in [0.29, 0.717) is 6.42 Å². The SMILES string of the molecule is C[N+](C)(C)CC1CC(=O)N(c2ccccc2)O1.[I-]. The molecule has 1 aliphatic heterocycles. The highest BCUT2D eigenvalue weighted by atomic mass is 127. The molecule has 1 atom stereocenters. The molecule has 4 nitrogen and oxygen atoms in total. The van der Waals surface area contributed by atoms with Crippen LogP contribution in [0.25, 0.3) is 0 Å². The summed E-state index contributed by atoms with van der Waals surface area (Å²) in [6.45, 7) is 0.828. The van der Waals surface area contributed by atoms with Crippen LogP contribution in [0.3, 0.4) is 0 Å². The molecule has 0 saturated carbocycles. The van der Waals surface area contributed by atoms with Crippen molar-refractivity contribution in [3.8, 4) is 0 Å². The van der Waals surface area contributed by atoms with E-state index in [4.69, 9.17) is 4.84 Å². The second-order valence-electron chi connectivity index (χ2n) is 5.43. The van der Waals surface area contributed by atoms with Gasteiger partial charge in [-0.2, -0.15) is 5.06 Å². The van der Waals surface area contributed by atoms with E-state index >= 15 is 0 Å². The van der Waals surface area contributed by atoms with Gasteiger partial charge in [0.2, 0.25) is 0 Å². The lowest BCUT2D eigenvalue weighted by Crippen LogP contribution is -3.00. The predicted octanol–water partition coefficient (Wildman–Crippen LogP) is -1.57. The van der Waals surface area contributed by atoms with Gasteiger partial charge in [-0.1, -0.05) is 18.2 Å². The van der Waals surface area contributed by atoms with Crippen LogP contribution in [0.1, 0.15) is 6.42 Å². The molecule has 1 aromatic carbocycles. The molecular weight excluding hydrogens is 343 g/mol. The zero-order chi connectivity index (χ0) is 12.5. The van der Waals surface area contributed by atoms with Crippen LogP contribution in [0.2, 0.25) is 0 Å². The van der Waals surface area contributed by atoms with Crippen molar-refractivity contribution in [2.24, 2.45) is 0 Å². The van der Waals surface area contributed by atoms with Gasteiger partial charge in [0.05, 0.1) is 33.3 Å². The number of nitrogens with zero attached hydrogens (tertiary/aromatic N) is 2. The summed E-state index contributed by atoms with van der Waals surface area (Å²) in [4.78, 5) is 17.6. The fraction of sp³-hybridized carbons (Fsp3) is 0.462. The quantitative estimate of drug-likeness (QED) is 0.481. The van der Waals surface area contributed by atoms with Crippen molar-refractivity contribution in [1.82, 2.24) is 0 Å². The molecule has 100 valence electrons. The molecule has 0 radical (unpaired) electrons. The molecule has 1 aliphatic rings. The summed E-state index contributed by atoms with van der Waals surface area (Å²) in [6.07, 6.45) is 0.437. The molecular formula is C13H19IN2O2. The van der Waals surface area contributed by atoms with E-state index in [1.54, 1.807) is 0 Å². The predicted molar refractivity (Wildman–Crippen MR) is 66.3 cm³/mol. The van der Waals surface area contributed by atoms with E-state index in [1.807, 2.05) is 30.3 Å². The third-order valence-corrected chi connectivity index (χ3v) is 2.63. The zero-order valence-corrected chi connectivity index (χ0v) is 13.1. The molecule has 1 unspecified atom stereocenters. The van der Waals surface area contributed by atoms with Crippen LogP contribution in [-0.2, 0) is 9.63 Å². The summed E-state index contributed by atoms with van der Waals surface area (Å²) in [7, 11) is 6.29. The van der Waals surface area contributed by atoms with E-state index < -0.39 is 0 Å². The Kier molecular flexibility index (Phi) is 5.12. The van der Waals surface area contributed by atoms with Gasteiger partial charge >= 0.3 is 0 Å². The molecule has 1 saturated heterocycles. The smallest absolute Gasteiger partial charge is 0.253 e. The maximum atomic E-state index is 11.9. The number of benzene rings is 1. The number of hydroxylamine groups is 1. The highest BCUT2D eigenvalue weighted by Crippen LogP contribution is 2.24. The van der Waals surface area contributed by atoms with Crippen LogP contribution in [0.15, 0.2) is 30.3 Å². The average Bonchev–Trinajstić information content (AvgIpc) is 2.58. The third-order valence-electron chi connectivity index (χ3n) is 2.63. The Bertz CT molecular complexity index is 403. The van der Waals surface area contributed by atoms with Gasteiger partial charge in [-0.25, -0.2) is 0 Å². The molecule has 1 fully saturated rings. The maximum absolute atomic E-state index is 11.9. The van der Waals surface area contributed by atoms with Crippen LogP contribution < -0.4 is 29.0 Å². The van der Waals surface area contributed by atoms with E-state index in [1.165, 1.54) is 5.06 Å². The lowest BCUT2D eigenvalue weighted by molar-refractivity contribution is -0.873. The van der Waals surface area contributed by atoms with Crippen molar-refractivity contribution in [1.29, 1.82) is 0 Å². The van der Waals surface area contributed by atoms with Crippen LogP contribution >= 0.6 is 0 Å². The zero-order valence-electron chi connectivity index (χ0n) is 11.0. The fourth-order valence-corrected chi connectivity index (χ4v) is 2.00. The third kappa shape index (κ3) is 3.93. The fourth-order valence-electron chi connectivity index (χ4n) is 2.00. The number of carbonyl (C=O) groups is 1. The first kappa shape index (κ1) is 15.4. The van der Waals surface area contributed by atoms with Gasteiger partial charge in [0.15, 0.2) is 0 Å². The molecule has 0 aromatic heterocycles. The highest BCUT2D eigenvalue weighted by Gasteiger charge is 2.35. The van der Waals surface area contributed by atoms with Gasteiger partial charge in [0.25, 0.3) is 5.91 Å². The van der Waals surface area contributed by atoms with Crippen LogP contribution in [0.5, 0.6) is 0 Å². The molecule has 5 heteroatoms. The van der Waals surface area contributed by atoms with E-state index in [-0.39, 0.29) is 36.0 Å². The Morgan fingerprint density at radius 3 is 2.44 bits per heavy atom. The summed E-state index contributed by atoms with van der Waals surface area (Å²) in [5, 5.41) is 1.42. The number of quaternary nitrogens is 1. The first-order valence-electron chi connectivity index (χ1n) is 5.81. The largest absolute Gasteiger partial charge is 1.00 e. The first-order valence-corrected chi connectivity index (χ1v) is 5.81. The number of likely N-dealkylation sites (N-methyl/N-ethyl adjacent to an activating group) is 1. The molecule has 0 spiro atoms. The molecule has 0 aliphatic carbocycles. The lowest BCUT2D eigenvalue weighted by Gasteiger charge is -2.26. The number of rotatable bonds is 3. The molecule has 1 heterocycles. The van der Waals surface area contributed by atoms with Gasteiger partial charge in [-0.05, 0) is 12.1 Å². The van der Waals surface area contributed by atoms with Crippen molar-refractivity contribution < 1.29 is 38.1 Å². The Labute approximate surface area is 125 Å². The Morgan fingerprint density at radius 1 is 1.28 bits per heavy atom. The number of hydrogen-bond donors (Lipinski definition) is 0. The molecule has 0 bridgehead atoms. The summed E-state index contributed by atoms with van der Waals surface area (Å²) < 4.78 is 0.792. The van der Waals surface area contributed by atoms with Crippen molar-refractivity contribution in [3.63, 3.8) is 0 Å². The number of amides is 1. The lowest BCUT2D eigenvalue weighted by atomic mass is 10.2. The van der Waals surface area contributed by atoms with Crippen molar-refractivity contribution >= 4 is 11.6 Å². The highest BCUT2D eigenvalue weighted by molar-refractivity contribution is 5.93. The topological polar surface area (TPSA) is 29.5 Å². The minimum absolute atomic E-state index is 0. The van der Waals surface area contributed by atoms with Crippen molar-refractivity contribution in [2.75, 3.05) is 32.8 Å². The number of hydrogen-bond acceptors (Lipinski definition) is 2. The Morgan fingerprint density at radius 2 is 1.89 bits per heavy atom. The molecule has 2 rings (SSSR count). The van der Waals surface area contributed by atoms with Gasteiger partial charge < -0.3 is 28.5 Å². The van der Waals surface area contributed by atoms with Gasteiger partial charge in [0.1, 0.15) is 12.6 Å². The van der Waals surface area contributed by atoms with Crippen molar-refractivity contribution in [3.05, 3.63) is 30.3 Å². The Balaban J connectivity index is 0.00000162. The van der Waals surface area contributed by atoms with Crippen LogP contribution in [0, 0.1) is 0 Å². The van der Waals surface area contributed by atoms with E-state index in [9.17, 15) is 4.79 Å². The number of halogens is 1. The summed E-state index contributed by atoms with van der Waals surface area (Å²) in [5.74, 6) is 0.0367. The minimum atomic E-state index is -0.0253. The maximum Gasteiger partial charge on any atom is 0.253 e. The van der Waals surface area contributed by atoms with Gasteiger partial charge in [0, 0.05) is 0 Å². The summed E-state index contributed by atoms with van der Waals surface area (Å²) in [6, 6.07) is 9.49. The average molecular weight is 362 g/mol. The standard InChI is InChI=1S/C13H19N2O2.HI/c1-15(2,3)10-12-9-13(16)14(17-12)11-7-5-4-6-8-11;/h4-8,12H,9-10H2,1-3H3;1H/q+1;/p-1. The number of anilines is 1. The monoisotopic (exact) mass is 362 g/mol. The molecule has 18 heavy (non-hydrogen) atoms. The van der Waals surface area contributed by atoms with Gasteiger partial charge in [-0.15, -0.1) is 0 Å². The second-order valence-corrected chi connectivity index (χ2v) is 5.43. The second kappa shape index (κ2) is 5.99. The molecule has 0 N–H and O–H groups in total. The number of para-hydroxylation sites is 1. The first-order chi connectivity index (χ1) is 7.96. The minimum Gasteiger partial charge on any atom is -1.00 e. The van der Waals surface area contributed by atoms with Gasteiger partial charge in [-0.3, -0.25) is 9.63 Å². The normalized spacial score (nSPS) is 19.8. The molecule has 1 aromatic rings. The van der Waals surface area contributed by atoms with E-state index in [0.717, 1.165) is 16.7 Å². The van der Waals surface area contributed by atoms with Crippen molar-refractivity contribution in [2.45, 2.75) is 12.5 Å². The van der Waals surface area contributed by atoms with E-state index in [2.05, 4.69) is 21.1 Å². The van der Waals surface area contributed by atoms with Crippen LogP contribution in [0.4, 0.5) is 5.69 Å². The molecule has 1 amide bonds. The number of carbonyl (C=O) groups excluding carboxylic acids is 1. The van der Waals surface area contributed by atoms with Crippen LogP contribution in [-0.4, -0.2) is 44.2 Å². The Hall–Kier alpha value is -0.660.